The molecule has 0 spiro atoms. The number of aromatic amines is 1. The third-order valence-electron chi connectivity index (χ3n) is 5.98. The van der Waals surface area contributed by atoms with Crippen molar-refractivity contribution in [1.29, 1.82) is 0 Å². The molecular formula is C24H21ClFN5O3S. The van der Waals surface area contributed by atoms with Crippen molar-refractivity contribution in [2.45, 2.75) is 4.90 Å². The average molecular weight is 514 g/mol. The van der Waals surface area contributed by atoms with E-state index in [9.17, 15) is 17.6 Å². The van der Waals surface area contributed by atoms with Crippen molar-refractivity contribution in [1.82, 2.24) is 19.9 Å². The molecular weight excluding hydrogens is 493 g/mol. The van der Waals surface area contributed by atoms with Crippen LogP contribution < -0.4 is 4.90 Å². The quantitative estimate of drug-likeness (QED) is 0.438. The van der Waals surface area contributed by atoms with E-state index in [2.05, 4.69) is 15.0 Å². The summed E-state index contributed by atoms with van der Waals surface area (Å²) < 4.78 is 38.5. The predicted octanol–water partition coefficient (Wildman–Crippen LogP) is 3.54. The van der Waals surface area contributed by atoms with Gasteiger partial charge in [0.1, 0.15) is 29.4 Å². The van der Waals surface area contributed by atoms with Gasteiger partial charge in [-0.2, -0.15) is 0 Å². The fourth-order valence-corrected chi connectivity index (χ4v) is 5.46. The Labute approximate surface area is 206 Å². The molecule has 1 aliphatic heterocycles. The second-order valence-electron chi connectivity index (χ2n) is 8.23. The smallest absolute Gasteiger partial charge is 0.238 e. The first-order chi connectivity index (χ1) is 16.8. The Morgan fingerprint density at radius 3 is 2.37 bits per heavy atom. The molecule has 0 radical (unpaired) electrons. The highest BCUT2D eigenvalue weighted by atomic mass is 35.5. The summed E-state index contributed by atoms with van der Waals surface area (Å²) in [6.07, 6.45) is 1.47. The van der Waals surface area contributed by atoms with E-state index in [-0.39, 0.29) is 10.7 Å². The standard InChI is InChI=1S/C24H21ClFN5O3S/c25-17-3-7-19(8-4-17)35(33,34)14-22(32)30-9-11-31(12-10-30)24-20-13-21(29-23(20)27-15-28-24)16-1-5-18(26)6-2-16/h1-8,13,15H,9-12,14H2,(H,27,28,29). The third kappa shape index (κ3) is 4.85. The van der Waals surface area contributed by atoms with Gasteiger partial charge in [-0.1, -0.05) is 11.6 Å². The van der Waals surface area contributed by atoms with Crippen molar-refractivity contribution >= 4 is 44.2 Å². The lowest BCUT2D eigenvalue weighted by Gasteiger charge is -2.35. The highest BCUT2D eigenvalue weighted by Crippen LogP contribution is 2.29. The van der Waals surface area contributed by atoms with Crippen LogP contribution in [0, 0.1) is 5.82 Å². The zero-order valence-electron chi connectivity index (χ0n) is 18.5. The van der Waals surface area contributed by atoms with Gasteiger partial charge < -0.3 is 14.8 Å². The van der Waals surface area contributed by atoms with Gasteiger partial charge >= 0.3 is 0 Å². The van der Waals surface area contributed by atoms with Crippen LogP contribution in [-0.2, 0) is 14.6 Å². The summed E-state index contributed by atoms with van der Waals surface area (Å²) in [5.41, 5.74) is 2.28. The zero-order chi connectivity index (χ0) is 24.6. The average Bonchev–Trinajstić information content (AvgIpc) is 3.29. The normalized spacial score (nSPS) is 14.5. The molecule has 1 aliphatic rings. The summed E-state index contributed by atoms with van der Waals surface area (Å²) in [5, 5.41) is 1.24. The minimum absolute atomic E-state index is 0.0710. The fourth-order valence-electron chi connectivity index (χ4n) is 4.11. The molecule has 1 saturated heterocycles. The van der Waals surface area contributed by atoms with Gasteiger partial charge in [-0.05, 0) is 60.2 Å². The van der Waals surface area contributed by atoms with Gasteiger partial charge in [0.25, 0.3) is 0 Å². The summed E-state index contributed by atoms with van der Waals surface area (Å²) in [6.45, 7) is 1.73. The number of halogens is 2. The highest BCUT2D eigenvalue weighted by molar-refractivity contribution is 7.92. The lowest BCUT2D eigenvalue weighted by molar-refractivity contribution is -0.128. The second-order valence-corrected chi connectivity index (χ2v) is 10.7. The van der Waals surface area contributed by atoms with Gasteiger partial charge in [-0.3, -0.25) is 4.79 Å². The number of anilines is 1. The molecule has 8 nitrogen and oxygen atoms in total. The molecule has 0 atom stereocenters. The number of nitrogens with zero attached hydrogens (tertiary/aromatic N) is 4. The van der Waals surface area contributed by atoms with Crippen LogP contribution in [0.1, 0.15) is 0 Å². The van der Waals surface area contributed by atoms with Crippen molar-refractivity contribution in [3.63, 3.8) is 0 Å². The Balaban J connectivity index is 1.28. The Bertz CT molecular complexity index is 1480. The van der Waals surface area contributed by atoms with Gasteiger partial charge in [0.15, 0.2) is 9.84 Å². The summed E-state index contributed by atoms with van der Waals surface area (Å²) in [6, 6.07) is 13.9. The molecule has 11 heteroatoms. The van der Waals surface area contributed by atoms with Crippen molar-refractivity contribution in [3.8, 4) is 11.3 Å². The first kappa shape index (κ1) is 23.3. The van der Waals surface area contributed by atoms with Crippen LogP contribution in [0.4, 0.5) is 10.2 Å². The summed E-state index contributed by atoms with van der Waals surface area (Å²) in [5.74, 6) is -0.613. The number of carbonyl (C=O) groups is 1. The van der Waals surface area contributed by atoms with Crippen molar-refractivity contribution < 1.29 is 17.6 Å². The van der Waals surface area contributed by atoms with E-state index < -0.39 is 21.5 Å². The van der Waals surface area contributed by atoms with Crippen LogP contribution in [-0.4, -0.2) is 66.1 Å². The summed E-state index contributed by atoms with van der Waals surface area (Å²) in [7, 11) is -3.76. The first-order valence-corrected chi connectivity index (χ1v) is 12.9. The molecule has 1 amide bonds. The number of sulfone groups is 1. The molecule has 0 saturated carbocycles. The van der Waals surface area contributed by atoms with E-state index in [1.165, 1.54) is 42.7 Å². The lowest BCUT2D eigenvalue weighted by atomic mass is 10.1. The number of H-pyrrole nitrogens is 1. The first-order valence-electron chi connectivity index (χ1n) is 10.9. The SMILES string of the molecule is O=C(CS(=O)(=O)c1ccc(Cl)cc1)N1CCN(c2ncnc3[nH]c(-c4ccc(F)cc4)cc23)CC1. The molecule has 2 aromatic heterocycles. The number of hydrogen-bond donors (Lipinski definition) is 1. The number of aromatic nitrogens is 3. The molecule has 4 aromatic rings. The minimum atomic E-state index is -3.76. The number of fused-ring (bicyclic) bond motifs is 1. The number of nitrogens with one attached hydrogen (secondary N) is 1. The number of carbonyl (C=O) groups excluding carboxylic acids is 1. The highest BCUT2D eigenvalue weighted by Gasteiger charge is 2.27. The maximum atomic E-state index is 13.3. The number of rotatable bonds is 5. The lowest BCUT2D eigenvalue weighted by Crippen LogP contribution is -2.50. The van der Waals surface area contributed by atoms with Crippen LogP contribution >= 0.6 is 11.6 Å². The molecule has 1 N–H and O–H groups in total. The van der Waals surface area contributed by atoms with Crippen LogP contribution in [0.2, 0.25) is 5.02 Å². The Hall–Kier alpha value is -3.50. The van der Waals surface area contributed by atoms with E-state index in [1.807, 2.05) is 11.0 Å². The molecule has 35 heavy (non-hydrogen) atoms. The van der Waals surface area contributed by atoms with Crippen molar-refractivity contribution in [2.24, 2.45) is 0 Å². The Morgan fingerprint density at radius 2 is 1.69 bits per heavy atom. The monoisotopic (exact) mass is 513 g/mol. The van der Waals surface area contributed by atoms with Crippen LogP contribution in [0.15, 0.2) is 65.8 Å². The number of amides is 1. The van der Waals surface area contributed by atoms with E-state index in [0.717, 1.165) is 22.5 Å². The molecule has 5 rings (SSSR count). The summed E-state index contributed by atoms with van der Waals surface area (Å²) in [4.78, 5) is 28.4. The van der Waals surface area contributed by atoms with Gasteiger partial charge in [0.05, 0.1) is 10.3 Å². The van der Waals surface area contributed by atoms with E-state index in [1.54, 1.807) is 17.0 Å². The second kappa shape index (κ2) is 9.27. The number of piperazine rings is 1. The Morgan fingerprint density at radius 1 is 1.00 bits per heavy atom. The maximum Gasteiger partial charge on any atom is 0.238 e. The van der Waals surface area contributed by atoms with Crippen LogP contribution in [0.5, 0.6) is 0 Å². The molecule has 0 bridgehead atoms. The summed E-state index contributed by atoms with van der Waals surface area (Å²) >= 11 is 5.83. The molecule has 3 heterocycles. The van der Waals surface area contributed by atoms with Crippen LogP contribution in [0.3, 0.4) is 0 Å². The third-order valence-corrected chi connectivity index (χ3v) is 7.85. The van der Waals surface area contributed by atoms with E-state index in [4.69, 9.17) is 11.6 Å². The zero-order valence-corrected chi connectivity index (χ0v) is 20.1. The topological polar surface area (TPSA) is 99.3 Å². The molecule has 0 unspecified atom stereocenters. The minimum Gasteiger partial charge on any atom is -0.352 e. The van der Waals surface area contributed by atoms with Gasteiger partial charge in [0.2, 0.25) is 5.91 Å². The van der Waals surface area contributed by atoms with Crippen LogP contribution in [0.25, 0.3) is 22.3 Å². The molecule has 2 aromatic carbocycles. The number of hydrogen-bond acceptors (Lipinski definition) is 6. The largest absolute Gasteiger partial charge is 0.352 e. The van der Waals surface area contributed by atoms with Crippen molar-refractivity contribution in [3.05, 3.63) is 71.8 Å². The molecule has 180 valence electrons. The molecule has 1 fully saturated rings. The fraction of sp³-hybridized carbons (Fsp3) is 0.208. The van der Waals surface area contributed by atoms with Gasteiger partial charge in [-0.25, -0.2) is 22.8 Å². The van der Waals surface area contributed by atoms with Crippen molar-refractivity contribution in [2.75, 3.05) is 36.8 Å². The Kier molecular flexibility index (Phi) is 6.16. The van der Waals surface area contributed by atoms with E-state index in [0.29, 0.717) is 36.8 Å². The number of benzene rings is 2. The predicted molar refractivity (Wildman–Crippen MR) is 132 cm³/mol. The molecule has 0 aliphatic carbocycles. The van der Waals surface area contributed by atoms with Gasteiger partial charge in [-0.15, -0.1) is 0 Å². The van der Waals surface area contributed by atoms with E-state index >= 15 is 0 Å². The maximum absolute atomic E-state index is 13.3. The van der Waals surface area contributed by atoms with Gasteiger partial charge in [0, 0.05) is 36.9 Å².